The van der Waals surface area contributed by atoms with E-state index in [1.807, 2.05) is 0 Å². The molecule has 6 heteroatoms. The molecule has 0 unspecified atom stereocenters. The average molecular weight is 274 g/mol. The third kappa shape index (κ3) is 3.55. The Balaban J connectivity index is 2.06. The minimum absolute atomic E-state index is 0.206. The van der Waals surface area contributed by atoms with E-state index in [9.17, 15) is 14.0 Å². The number of carboxylic acid groups (broad SMARTS) is 1. The van der Waals surface area contributed by atoms with Gasteiger partial charge in [-0.1, -0.05) is 6.07 Å². The van der Waals surface area contributed by atoms with Gasteiger partial charge in [0.05, 0.1) is 0 Å². The highest BCUT2D eigenvalue weighted by atomic mass is 19.1. The summed E-state index contributed by atoms with van der Waals surface area (Å²) in [5, 5.41) is 13.3. The van der Waals surface area contributed by atoms with E-state index in [2.05, 4.69) is 10.6 Å². The van der Waals surface area contributed by atoms with Gasteiger partial charge in [0.25, 0.3) is 5.91 Å². The van der Waals surface area contributed by atoms with Gasteiger partial charge in [0.1, 0.15) is 5.82 Å². The van der Waals surface area contributed by atoms with Gasteiger partial charge in [-0.15, -0.1) is 0 Å². The first-order valence-electron chi connectivity index (χ1n) is 5.71. The molecule has 2 rings (SSSR count). The number of nitrogens with one attached hydrogen (secondary N) is 2. The van der Waals surface area contributed by atoms with Crippen LogP contribution in [0.15, 0.2) is 48.5 Å². The summed E-state index contributed by atoms with van der Waals surface area (Å²) in [6, 6.07) is 11.4. The smallest absolute Gasteiger partial charge is 0.409 e. The maximum absolute atomic E-state index is 13.0. The fraction of sp³-hybridized carbons (Fsp3) is 0. The molecule has 102 valence electrons. The summed E-state index contributed by atoms with van der Waals surface area (Å²) in [4.78, 5) is 22.3. The van der Waals surface area contributed by atoms with Crippen LogP contribution in [0.5, 0.6) is 0 Å². The average Bonchev–Trinajstić information content (AvgIpc) is 2.40. The monoisotopic (exact) mass is 274 g/mol. The van der Waals surface area contributed by atoms with E-state index in [0.717, 1.165) is 6.07 Å². The van der Waals surface area contributed by atoms with Crippen LogP contribution in [-0.2, 0) is 0 Å². The standard InChI is InChI=1S/C14H11FN2O3/c15-10-3-1-2-9(8-10)13(18)16-11-4-6-12(7-5-11)17-14(19)20/h1-8,17H,(H,16,18)(H,19,20). The van der Waals surface area contributed by atoms with Gasteiger partial charge in [-0.25, -0.2) is 9.18 Å². The maximum atomic E-state index is 13.0. The van der Waals surface area contributed by atoms with Crippen molar-refractivity contribution in [3.05, 3.63) is 59.9 Å². The van der Waals surface area contributed by atoms with Crippen LogP contribution in [0.1, 0.15) is 10.4 Å². The van der Waals surface area contributed by atoms with Crippen molar-refractivity contribution in [1.82, 2.24) is 0 Å². The highest BCUT2D eigenvalue weighted by Crippen LogP contribution is 2.15. The number of halogens is 1. The van der Waals surface area contributed by atoms with Crippen LogP contribution in [0.2, 0.25) is 0 Å². The highest BCUT2D eigenvalue weighted by Gasteiger charge is 2.07. The van der Waals surface area contributed by atoms with Gasteiger partial charge in [-0.2, -0.15) is 0 Å². The molecule has 2 aromatic rings. The molecule has 20 heavy (non-hydrogen) atoms. The molecule has 0 fully saturated rings. The third-order valence-electron chi connectivity index (χ3n) is 2.48. The first kappa shape index (κ1) is 13.5. The van der Waals surface area contributed by atoms with Gasteiger partial charge in [0.2, 0.25) is 0 Å². The zero-order valence-corrected chi connectivity index (χ0v) is 10.3. The molecule has 0 heterocycles. The van der Waals surface area contributed by atoms with Crippen molar-refractivity contribution in [3.8, 4) is 0 Å². The summed E-state index contributed by atoms with van der Waals surface area (Å²) in [5.41, 5.74) is 1.08. The molecule has 2 aromatic carbocycles. The quantitative estimate of drug-likeness (QED) is 0.804. The third-order valence-corrected chi connectivity index (χ3v) is 2.48. The van der Waals surface area contributed by atoms with Crippen LogP contribution in [0.25, 0.3) is 0 Å². The second kappa shape index (κ2) is 5.83. The topological polar surface area (TPSA) is 78.4 Å². The summed E-state index contributed by atoms with van der Waals surface area (Å²) >= 11 is 0. The number of carbonyl (C=O) groups is 2. The van der Waals surface area contributed by atoms with Gasteiger partial charge in [-0.05, 0) is 42.5 Å². The predicted molar refractivity (Wildman–Crippen MR) is 72.4 cm³/mol. The van der Waals surface area contributed by atoms with E-state index in [1.54, 1.807) is 12.1 Å². The molecule has 0 saturated carbocycles. The maximum Gasteiger partial charge on any atom is 0.409 e. The number of carbonyl (C=O) groups excluding carboxylic acids is 1. The van der Waals surface area contributed by atoms with Gasteiger partial charge < -0.3 is 10.4 Å². The molecule has 0 aliphatic carbocycles. The largest absolute Gasteiger partial charge is 0.465 e. The van der Waals surface area contributed by atoms with Crippen molar-refractivity contribution in [3.63, 3.8) is 0 Å². The van der Waals surface area contributed by atoms with Crippen LogP contribution >= 0.6 is 0 Å². The normalized spacial score (nSPS) is 9.85. The first-order valence-corrected chi connectivity index (χ1v) is 5.71. The summed E-state index contributed by atoms with van der Waals surface area (Å²) < 4.78 is 13.0. The molecular weight excluding hydrogens is 263 g/mol. The van der Waals surface area contributed by atoms with Crippen LogP contribution in [0, 0.1) is 5.82 Å². The molecule has 0 aromatic heterocycles. The zero-order chi connectivity index (χ0) is 14.5. The van der Waals surface area contributed by atoms with Crippen LogP contribution < -0.4 is 10.6 Å². The Kier molecular flexibility index (Phi) is 3.95. The Morgan fingerprint density at radius 2 is 1.55 bits per heavy atom. The van der Waals surface area contributed by atoms with Crippen molar-refractivity contribution < 1.29 is 19.1 Å². The van der Waals surface area contributed by atoms with Crippen molar-refractivity contribution >= 4 is 23.4 Å². The van der Waals surface area contributed by atoms with Crippen LogP contribution in [0.3, 0.4) is 0 Å². The molecule has 0 aliphatic rings. The van der Waals surface area contributed by atoms with E-state index >= 15 is 0 Å². The van der Waals surface area contributed by atoms with Crippen molar-refractivity contribution in [2.24, 2.45) is 0 Å². The second-order valence-electron chi connectivity index (χ2n) is 3.97. The Labute approximate surface area is 114 Å². The van der Waals surface area contributed by atoms with Crippen molar-refractivity contribution in [2.75, 3.05) is 10.6 Å². The van der Waals surface area contributed by atoms with E-state index in [0.29, 0.717) is 11.4 Å². The Morgan fingerprint density at radius 1 is 0.950 bits per heavy atom. The lowest BCUT2D eigenvalue weighted by molar-refractivity contribution is 0.102. The van der Waals surface area contributed by atoms with Crippen molar-refractivity contribution in [1.29, 1.82) is 0 Å². The Bertz CT molecular complexity index is 641. The summed E-state index contributed by atoms with van der Waals surface area (Å²) in [6.45, 7) is 0. The molecule has 0 radical (unpaired) electrons. The first-order chi connectivity index (χ1) is 9.54. The molecule has 0 atom stereocenters. The van der Waals surface area contributed by atoms with Crippen molar-refractivity contribution in [2.45, 2.75) is 0 Å². The lowest BCUT2D eigenvalue weighted by Crippen LogP contribution is -2.12. The number of hydrogen-bond donors (Lipinski definition) is 3. The van der Waals surface area contributed by atoms with Crippen LogP contribution in [-0.4, -0.2) is 17.1 Å². The molecule has 0 spiro atoms. The summed E-state index contributed by atoms with van der Waals surface area (Å²) in [6.07, 6.45) is -1.17. The second-order valence-corrected chi connectivity index (χ2v) is 3.97. The SMILES string of the molecule is O=C(O)Nc1ccc(NC(=O)c2cccc(F)c2)cc1. The van der Waals surface area contributed by atoms with Gasteiger partial charge in [0, 0.05) is 16.9 Å². The molecule has 0 aliphatic heterocycles. The Morgan fingerprint density at radius 3 is 2.10 bits per heavy atom. The number of benzene rings is 2. The minimum atomic E-state index is -1.17. The number of anilines is 2. The summed E-state index contributed by atoms with van der Waals surface area (Å²) in [7, 11) is 0. The molecule has 5 nitrogen and oxygen atoms in total. The molecule has 2 amide bonds. The number of amides is 2. The van der Waals surface area contributed by atoms with E-state index in [-0.39, 0.29) is 5.56 Å². The van der Waals surface area contributed by atoms with Gasteiger partial charge in [0.15, 0.2) is 0 Å². The molecular formula is C14H11FN2O3. The highest BCUT2D eigenvalue weighted by molar-refractivity contribution is 6.04. The zero-order valence-electron chi connectivity index (χ0n) is 10.3. The lowest BCUT2D eigenvalue weighted by atomic mass is 10.2. The van der Waals surface area contributed by atoms with Crippen LogP contribution in [0.4, 0.5) is 20.6 Å². The number of hydrogen-bond acceptors (Lipinski definition) is 2. The summed E-state index contributed by atoms with van der Waals surface area (Å²) in [5.74, 6) is -0.929. The lowest BCUT2D eigenvalue weighted by Gasteiger charge is -2.06. The Hall–Kier alpha value is -2.89. The van der Waals surface area contributed by atoms with E-state index in [4.69, 9.17) is 5.11 Å². The number of rotatable bonds is 3. The van der Waals surface area contributed by atoms with E-state index < -0.39 is 17.8 Å². The predicted octanol–water partition coefficient (Wildman–Crippen LogP) is 3.17. The van der Waals surface area contributed by atoms with Gasteiger partial charge in [-0.3, -0.25) is 10.1 Å². The fourth-order valence-corrected chi connectivity index (χ4v) is 1.59. The minimum Gasteiger partial charge on any atom is -0.465 e. The molecule has 0 saturated heterocycles. The fourth-order valence-electron chi connectivity index (χ4n) is 1.59. The van der Waals surface area contributed by atoms with Gasteiger partial charge >= 0.3 is 6.09 Å². The molecule has 0 bridgehead atoms. The van der Waals surface area contributed by atoms with E-state index in [1.165, 1.54) is 30.3 Å². The molecule has 3 N–H and O–H groups in total.